The number of hydrogen-bond donors (Lipinski definition) is 1. The first kappa shape index (κ1) is 27.7. The van der Waals surface area contributed by atoms with Crippen LogP contribution in [0.1, 0.15) is 31.4 Å². The van der Waals surface area contributed by atoms with E-state index >= 15 is 0 Å². The fraction of sp³-hybridized carbons (Fsp3) is 0.286. The van der Waals surface area contributed by atoms with E-state index in [-0.39, 0.29) is 30.9 Å². The molecule has 2 atom stereocenters. The van der Waals surface area contributed by atoms with Crippen LogP contribution in [0.4, 0.5) is 4.39 Å². The Kier molecular flexibility index (Phi) is 10.3. The van der Waals surface area contributed by atoms with Crippen molar-refractivity contribution in [2.24, 2.45) is 0 Å². The van der Waals surface area contributed by atoms with Gasteiger partial charge in [0.15, 0.2) is 6.61 Å². The van der Waals surface area contributed by atoms with Crippen LogP contribution in [0.15, 0.2) is 77.3 Å². The molecule has 190 valence electrons. The largest absolute Gasteiger partial charge is 0.482 e. The number of carbonyl (C=O) groups excluding carboxylic acids is 2. The number of benzene rings is 3. The van der Waals surface area contributed by atoms with Crippen molar-refractivity contribution >= 4 is 39.3 Å². The maximum atomic E-state index is 13.6. The van der Waals surface area contributed by atoms with Gasteiger partial charge in [-0.15, -0.1) is 0 Å². The van der Waals surface area contributed by atoms with E-state index in [2.05, 4.69) is 21.2 Å². The van der Waals surface area contributed by atoms with Crippen molar-refractivity contribution in [1.82, 2.24) is 10.2 Å². The Morgan fingerprint density at radius 3 is 2.39 bits per heavy atom. The normalized spacial score (nSPS) is 12.5. The first-order valence-electron chi connectivity index (χ1n) is 11.7. The first-order chi connectivity index (χ1) is 17.3. The zero-order valence-electron chi connectivity index (χ0n) is 20.2. The Bertz CT molecular complexity index is 1160. The average molecular weight is 576 g/mol. The molecular formula is C28H29BrClFN2O3. The molecule has 0 aliphatic heterocycles. The van der Waals surface area contributed by atoms with Crippen LogP contribution >= 0.6 is 27.5 Å². The fourth-order valence-electron chi connectivity index (χ4n) is 3.60. The number of halogens is 3. The predicted molar refractivity (Wildman–Crippen MR) is 143 cm³/mol. The summed E-state index contributed by atoms with van der Waals surface area (Å²) >= 11 is 9.60. The lowest BCUT2D eigenvalue weighted by molar-refractivity contribution is -0.143. The topological polar surface area (TPSA) is 58.6 Å². The molecule has 0 unspecified atom stereocenters. The van der Waals surface area contributed by atoms with Crippen LogP contribution < -0.4 is 10.1 Å². The van der Waals surface area contributed by atoms with Crippen LogP contribution in [0.25, 0.3) is 0 Å². The molecule has 3 aromatic rings. The first-order valence-corrected chi connectivity index (χ1v) is 12.9. The molecule has 0 fully saturated rings. The molecule has 0 radical (unpaired) electrons. The Balaban J connectivity index is 1.91. The lowest BCUT2D eigenvalue weighted by Crippen LogP contribution is -2.53. The van der Waals surface area contributed by atoms with E-state index in [1.807, 2.05) is 44.2 Å². The molecule has 3 aromatic carbocycles. The van der Waals surface area contributed by atoms with Gasteiger partial charge in [0, 0.05) is 23.5 Å². The van der Waals surface area contributed by atoms with Crippen molar-refractivity contribution in [2.45, 2.75) is 45.3 Å². The van der Waals surface area contributed by atoms with Crippen LogP contribution in [0, 0.1) is 5.82 Å². The van der Waals surface area contributed by atoms with Gasteiger partial charge in [0.1, 0.15) is 17.6 Å². The van der Waals surface area contributed by atoms with E-state index in [4.69, 9.17) is 16.3 Å². The van der Waals surface area contributed by atoms with Crippen LogP contribution in [-0.4, -0.2) is 35.4 Å². The number of hydrogen-bond acceptors (Lipinski definition) is 3. The highest BCUT2D eigenvalue weighted by Crippen LogP contribution is 2.28. The van der Waals surface area contributed by atoms with E-state index in [9.17, 15) is 14.0 Å². The van der Waals surface area contributed by atoms with Crippen molar-refractivity contribution in [1.29, 1.82) is 0 Å². The van der Waals surface area contributed by atoms with E-state index in [0.29, 0.717) is 22.8 Å². The Hall–Kier alpha value is -2.90. The molecule has 8 heteroatoms. The van der Waals surface area contributed by atoms with E-state index in [1.54, 1.807) is 30.3 Å². The zero-order valence-corrected chi connectivity index (χ0v) is 22.6. The van der Waals surface area contributed by atoms with E-state index in [1.165, 1.54) is 17.0 Å². The third kappa shape index (κ3) is 8.07. The molecule has 3 rings (SSSR count). The molecule has 36 heavy (non-hydrogen) atoms. The smallest absolute Gasteiger partial charge is 0.261 e. The van der Waals surface area contributed by atoms with Gasteiger partial charge in [-0.05, 0) is 54.8 Å². The minimum atomic E-state index is -0.803. The number of carbonyl (C=O) groups is 2. The molecule has 0 aliphatic rings. The highest BCUT2D eigenvalue weighted by Gasteiger charge is 2.31. The SMILES string of the molecule is CC[C@@H](C)NC(=O)[C@H](Cc1ccccc1)N(Cc1ccc(F)cc1)C(=O)COc1ccc(Br)cc1Cl. The van der Waals surface area contributed by atoms with Crippen LogP contribution in [-0.2, 0) is 22.6 Å². The van der Waals surface area contributed by atoms with Crippen molar-refractivity contribution in [2.75, 3.05) is 6.61 Å². The number of ether oxygens (including phenoxy) is 1. The summed E-state index contributed by atoms with van der Waals surface area (Å²) in [4.78, 5) is 28.5. The quantitative estimate of drug-likeness (QED) is 0.297. The Morgan fingerprint density at radius 2 is 1.75 bits per heavy atom. The minimum absolute atomic E-state index is 0.0589. The van der Waals surface area contributed by atoms with E-state index in [0.717, 1.165) is 16.5 Å². The van der Waals surface area contributed by atoms with E-state index < -0.39 is 11.9 Å². The third-order valence-electron chi connectivity index (χ3n) is 5.78. The molecule has 0 saturated heterocycles. The summed E-state index contributed by atoms with van der Waals surface area (Å²) < 4.78 is 20.1. The summed E-state index contributed by atoms with van der Waals surface area (Å²) in [6.45, 7) is 3.70. The zero-order chi connectivity index (χ0) is 26.1. The number of amides is 2. The highest BCUT2D eigenvalue weighted by atomic mass is 79.9. The lowest BCUT2D eigenvalue weighted by atomic mass is 10.0. The van der Waals surface area contributed by atoms with Gasteiger partial charge >= 0.3 is 0 Å². The van der Waals surface area contributed by atoms with Crippen molar-refractivity contribution < 1.29 is 18.7 Å². The molecule has 0 heterocycles. The van der Waals surface area contributed by atoms with Crippen molar-refractivity contribution in [3.05, 3.63) is 99.2 Å². The summed E-state index contributed by atoms with van der Waals surface area (Å²) in [6.07, 6.45) is 1.07. The molecular weight excluding hydrogens is 547 g/mol. The molecule has 0 aliphatic carbocycles. The van der Waals surface area contributed by atoms with Crippen molar-refractivity contribution in [3.63, 3.8) is 0 Å². The van der Waals surface area contributed by atoms with Gasteiger partial charge < -0.3 is 15.0 Å². The summed E-state index contributed by atoms with van der Waals surface area (Å²) in [5.41, 5.74) is 1.61. The van der Waals surface area contributed by atoms with Crippen LogP contribution in [0.2, 0.25) is 5.02 Å². The second-order valence-electron chi connectivity index (χ2n) is 8.53. The summed E-state index contributed by atoms with van der Waals surface area (Å²) in [7, 11) is 0. The average Bonchev–Trinajstić information content (AvgIpc) is 2.87. The summed E-state index contributed by atoms with van der Waals surface area (Å²) in [5.74, 6) is -0.664. The minimum Gasteiger partial charge on any atom is -0.482 e. The summed E-state index contributed by atoms with van der Waals surface area (Å²) in [6, 6.07) is 19.6. The molecule has 1 N–H and O–H groups in total. The van der Waals surface area contributed by atoms with Gasteiger partial charge in [0.2, 0.25) is 5.91 Å². The van der Waals surface area contributed by atoms with Gasteiger partial charge in [-0.3, -0.25) is 9.59 Å². The number of nitrogens with one attached hydrogen (secondary N) is 1. The standard InChI is InChI=1S/C28H29BrClFN2O3/c1-3-19(2)32-28(35)25(15-20-7-5-4-6-8-20)33(17-21-9-12-23(31)13-10-21)27(34)18-36-26-14-11-22(29)16-24(26)30/h4-14,16,19,25H,3,15,17-18H2,1-2H3,(H,32,35)/t19-,25+/m1/s1. The van der Waals surface area contributed by atoms with Gasteiger partial charge in [0.25, 0.3) is 5.91 Å². The number of rotatable bonds is 11. The van der Waals surface area contributed by atoms with Gasteiger partial charge in [-0.25, -0.2) is 4.39 Å². The second kappa shape index (κ2) is 13.4. The predicted octanol–water partition coefficient (Wildman–Crippen LogP) is 6.18. The fourth-order valence-corrected chi connectivity index (χ4v) is 4.32. The molecule has 0 spiro atoms. The summed E-state index contributed by atoms with van der Waals surface area (Å²) in [5, 5.41) is 3.37. The second-order valence-corrected chi connectivity index (χ2v) is 9.86. The molecule has 0 saturated carbocycles. The van der Waals surface area contributed by atoms with Gasteiger partial charge in [-0.1, -0.05) is 76.9 Å². The number of nitrogens with zero attached hydrogens (tertiary/aromatic N) is 1. The monoisotopic (exact) mass is 574 g/mol. The lowest BCUT2D eigenvalue weighted by Gasteiger charge is -2.32. The molecule has 0 bridgehead atoms. The van der Waals surface area contributed by atoms with Crippen LogP contribution in [0.5, 0.6) is 5.75 Å². The highest BCUT2D eigenvalue weighted by molar-refractivity contribution is 9.10. The Morgan fingerprint density at radius 1 is 1.06 bits per heavy atom. The Labute approximate surface area is 224 Å². The van der Waals surface area contributed by atoms with Crippen molar-refractivity contribution in [3.8, 4) is 5.75 Å². The molecule has 2 amide bonds. The molecule has 5 nitrogen and oxygen atoms in total. The van der Waals surface area contributed by atoms with Gasteiger partial charge in [0.05, 0.1) is 5.02 Å². The van der Waals surface area contributed by atoms with Crippen LogP contribution in [0.3, 0.4) is 0 Å². The maximum absolute atomic E-state index is 13.6. The maximum Gasteiger partial charge on any atom is 0.261 e. The third-order valence-corrected chi connectivity index (χ3v) is 6.57. The molecule has 0 aromatic heterocycles. The van der Waals surface area contributed by atoms with Gasteiger partial charge in [-0.2, -0.15) is 0 Å².